The molecular weight excluding hydrogens is 793 g/mol. The summed E-state index contributed by atoms with van der Waals surface area (Å²) in [5, 5.41) is 14.8. The fourth-order valence-corrected chi connectivity index (χ4v) is 10.3. The van der Waals surface area contributed by atoms with Gasteiger partial charge >= 0.3 is 0 Å². The Balaban J connectivity index is 0.696. The summed E-state index contributed by atoms with van der Waals surface area (Å²) in [4.78, 5) is 74.0. The quantitative estimate of drug-likeness (QED) is 0.209. The molecule has 3 saturated heterocycles. The molecule has 4 aliphatic heterocycles. The lowest BCUT2D eigenvalue weighted by atomic mass is 9.71. The first-order valence-electron chi connectivity index (χ1n) is 21.0. The van der Waals surface area contributed by atoms with E-state index in [9.17, 15) is 24.0 Å². The van der Waals surface area contributed by atoms with Gasteiger partial charge in [-0.25, -0.2) is 9.24 Å². The summed E-state index contributed by atoms with van der Waals surface area (Å²) in [5.74, 6) is -2.05. The molecule has 1 aromatic heterocycles. The first kappa shape index (κ1) is 40.0. The summed E-state index contributed by atoms with van der Waals surface area (Å²) in [6.07, 6.45) is 10.8. The number of carbonyl (C=O) groups is 5. The number of imide groups is 2. The number of likely N-dealkylation sites (tertiary alicyclic amines) is 1. The third kappa shape index (κ3) is 7.85. The van der Waals surface area contributed by atoms with E-state index in [1.807, 2.05) is 4.90 Å². The number of hydrogen-bond donors (Lipinski definition) is 2. The Morgan fingerprint density at radius 1 is 0.967 bits per heavy atom. The van der Waals surface area contributed by atoms with Gasteiger partial charge in [0.1, 0.15) is 17.6 Å². The van der Waals surface area contributed by atoms with Crippen molar-refractivity contribution in [2.24, 2.45) is 11.3 Å². The average Bonchev–Trinajstić information content (AvgIpc) is 3.81. The highest BCUT2D eigenvalue weighted by atomic mass is 35.5. The molecule has 6 aliphatic rings. The second kappa shape index (κ2) is 16.2. The van der Waals surface area contributed by atoms with Crippen LogP contribution in [0.15, 0.2) is 36.5 Å². The molecule has 17 heteroatoms. The van der Waals surface area contributed by atoms with Gasteiger partial charge in [-0.15, -0.1) is 5.10 Å². The van der Waals surface area contributed by atoms with E-state index >= 15 is 4.39 Å². The largest absolute Gasteiger partial charge is 0.490 e. The first-order valence-corrected chi connectivity index (χ1v) is 21.4. The van der Waals surface area contributed by atoms with Crippen LogP contribution in [0.3, 0.4) is 0 Å². The van der Waals surface area contributed by atoms with Crippen molar-refractivity contribution in [2.45, 2.75) is 101 Å². The number of carbonyl (C=O) groups excluding carboxylic acids is 5. The fraction of sp³-hybridized carbons (Fsp3) is 0.535. The van der Waals surface area contributed by atoms with E-state index in [2.05, 4.69) is 30.6 Å². The number of ether oxygens (including phenoxy) is 1. The molecule has 1 unspecified atom stereocenters. The van der Waals surface area contributed by atoms with Crippen molar-refractivity contribution in [2.75, 3.05) is 37.6 Å². The molecule has 0 radical (unpaired) electrons. The number of anilines is 1. The zero-order valence-electron chi connectivity index (χ0n) is 33.2. The zero-order valence-corrected chi connectivity index (χ0v) is 34.0. The second-order valence-electron chi connectivity index (χ2n) is 17.5. The molecule has 0 bridgehead atoms. The molecule has 2 aliphatic carbocycles. The van der Waals surface area contributed by atoms with Gasteiger partial charge in [0.25, 0.3) is 17.7 Å². The van der Waals surface area contributed by atoms with E-state index in [4.69, 9.17) is 22.9 Å². The Morgan fingerprint density at radius 2 is 1.68 bits per heavy atom. The number of fused-ring (bicyclic) bond motifs is 1. The van der Waals surface area contributed by atoms with Crippen molar-refractivity contribution in [1.29, 1.82) is 0 Å². The lowest BCUT2D eigenvalue weighted by Crippen LogP contribution is -2.61. The number of nitrogens with one attached hydrogen (secondary N) is 2. The molecule has 314 valence electrons. The standard InChI is InChI=1S/C43H47ClFN9O6/c1-46-34-11-10-29(18-32(34)44)60-28-8-4-26(5-9-28)48-39(56)35-21-47-54(50-35)27-6-2-25(3-7-27)22-51-16-14-43(15-17-51)23-52(24-43)37-20-31-30(19-33(37)45)41(58)53(42(31)59)36-12-13-38(55)49-40(36)57/h10-11,18-21,25-28,36H,2-9,12-17,22-24H2,(H,48,56)(H,49,55,57). The molecular formula is C43H47ClFN9O6. The van der Waals surface area contributed by atoms with Crippen molar-refractivity contribution in [3.05, 3.63) is 75.6 Å². The molecule has 2 saturated carbocycles. The van der Waals surface area contributed by atoms with Crippen molar-refractivity contribution in [3.63, 3.8) is 0 Å². The maximum atomic E-state index is 15.4. The molecule has 1 spiro atoms. The van der Waals surface area contributed by atoms with Crippen LogP contribution in [0.2, 0.25) is 5.02 Å². The SMILES string of the molecule is [C-]#[N+]c1ccc(OC2CCC(NC(=O)c3cnn(C4CCC(CN5CCC6(CC5)CN(c5cc7c(cc5F)C(=O)N(C5CCC(=O)NC5=O)C7=O)C6)CC4)n3)CC2)cc1Cl. The van der Waals surface area contributed by atoms with Gasteiger partial charge in [-0.2, -0.15) is 9.90 Å². The molecule has 5 fully saturated rings. The molecule has 5 amide bonds. The number of halogens is 2. The van der Waals surface area contributed by atoms with Gasteiger partial charge in [0.15, 0.2) is 5.69 Å². The zero-order chi connectivity index (χ0) is 41.7. The minimum atomic E-state index is -1.09. The molecule has 5 heterocycles. The topological polar surface area (TPSA) is 163 Å². The van der Waals surface area contributed by atoms with Crippen LogP contribution in [-0.2, 0) is 9.59 Å². The number of aromatic nitrogens is 3. The highest BCUT2D eigenvalue weighted by Gasteiger charge is 2.48. The third-order valence-electron chi connectivity index (χ3n) is 13.6. The van der Waals surface area contributed by atoms with Crippen LogP contribution in [-0.4, -0.2) is 105 Å². The van der Waals surface area contributed by atoms with Crippen molar-refractivity contribution >= 4 is 52.5 Å². The molecule has 3 aromatic rings. The number of hydrogen-bond acceptors (Lipinski definition) is 10. The molecule has 9 rings (SSSR count). The molecule has 15 nitrogen and oxygen atoms in total. The highest BCUT2D eigenvalue weighted by molar-refractivity contribution is 6.33. The van der Waals surface area contributed by atoms with E-state index in [1.165, 1.54) is 6.07 Å². The maximum Gasteiger partial charge on any atom is 0.273 e. The summed E-state index contributed by atoms with van der Waals surface area (Å²) in [7, 11) is 0. The van der Waals surface area contributed by atoms with Gasteiger partial charge in [-0.05, 0) is 114 Å². The number of amides is 5. The van der Waals surface area contributed by atoms with E-state index in [0.717, 1.165) is 94.8 Å². The van der Waals surface area contributed by atoms with E-state index in [-0.39, 0.29) is 53.5 Å². The Morgan fingerprint density at radius 3 is 2.37 bits per heavy atom. The Labute approximate surface area is 351 Å². The van der Waals surface area contributed by atoms with Crippen LogP contribution < -0.4 is 20.3 Å². The number of benzene rings is 2. The second-order valence-corrected chi connectivity index (χ2v) is 17.9. The van der Waals surface area contributed by atoms with Gasteiger partial charge in [0, 0.05) is 37.5 Å². The maximum absolute atomic E-state index is 15.4. The van der Waals surface area contributed by atoms with Crippen LogP contribution in [0.1, 0.15) is 114 Å². The summed E-state index contributed by atoms with van der Waals surface area (Å²) >= 11 is 6.16. The lowest BCUT2D eigenvalue weighted by molar-refractivity contribution is -0.136. The van der Waals surface area contributed by atoms with E-state index in [0.29, 0.717) is 46.8 Å². The first-order chi connectivity index (χ1) is 29.0. The van der Waals surface area contributed by atoms with Crippen LogP contribution in [0.4, 0.5) is 15.8 Å². The molecule has 2 aromatic carbocycles. The lowest BCUT2D eigenvalue weighted by Gasteiger charge is -2.55. The third-order valence-corrected chi connectivity index (χ3v) is 13.9. The molecule has 1 atom stereocenters. The number of rotatable bonds is 9. The van der Waals surface area contributed by atoms with Gasteiger partial charge in [0.05, 0.1) is 46.8 Å². The Hall–Kier alpha value is -5.40. The van der Waals surface area contributed by atoms with Gasteiger partial charge in [-0.3, -0.25) is 34.2 Å². The number of nitrogens with zero attached hydrogens (tertiary/aromatic N) is 7. The minimum absolute atomic E-state index is 0.0219. The molecule has 2 N–H and O–H groups in total. The highest BCUT2D eigenvalue weighted by Crippen LogP contribution is 2.45. The normalized spacial score (nSPS) is 26.6. The minimum Gasteiger partial charge on any atom is -0.490 e. The van der Waals surface area contributed by atoms with E-state index in [1.54, 1.807) is 29.2 Å². The van der Waals surface area contributed by atoms with E-state index < -0.39 is 35.5 Å². The van der Waals surface area contributed by atoms with Gasteiger partial charge < -0.3 is 19.9 Å². The molecule has 60 heavy (non-hydrogen) atoms. The van der Waals surface area contributed by atoms with Crippen molar-refractivity contribution in [3.8, 4) is 5.75 Å². The Bertz CT molecular complexity index is 2260. The van der Waals surface area contributed by atoms with Crippen LogP contribution in [0.5, 0.6) is 5.75 Å². The van der Waals surface area contributed by atoms with Crippen LogP contribution >= 0.6 is 11.6 Å². The van der Waals surface area contributed by atoms with Crippen LogP contribution in [0.25, 0.3) is 4.85 Å². The summed E-state index contributed by atoms with van der Waals surface area (Å²) in [5.41, 5.74) is 1.14. The average molecular weight is 840 g/mol. The van der Waals surface area contributed by atoms with Gasteiger partial charge in [0.2, 0.25) is 17.5 Å². The smallest absolute Gasteiger partial charge is 0.273 e. The fourth-order valence-electron chi connectivity index (χ4n) is 10.1. The van der Waals surface area contributed by atoms with Gasteiger partial charge in [-0.1, -0.05) is 17.7 Å². The Kier molecular flexibility index (Phi) is 10.8. The monoisotopic (exact) mass is 839 g/mol. The van der Waals surface area contributed by atoms with Crippen molar-refractivity contribution in [1.82, 2.24) is 35.4 Å². The summed E-state index contributed by atoms with van der Waals surface area (Å²) in [6.45, 7) is 11.5. The number of piperidine rings is 2. The van der Waals surface area contributed by atoms with Crippen LogP contribution in [0, 0.1) is 23.7 Å². The predicted molar refractivity (Wildman–Crippen MR) is 216 cm³/mol. The summed E-state index contributed by atoms with van der Waals surface area (Å²) in [6, 6.07) is 6.77. The predicted octanol–water partition coefficient (Wildman–Crippen LogP) is 5.48. The van der Waals surface area contributed by atoms with Crippen molar-refractivity contribution < 1.29 is 33.1 Å². The summed E-state index contributed by atoms with van der Waals surface area (Å²) < 4.78 is 21.5.